The summed E-state index contributed by atoms with van der Waals surface area (Å²) in [5.41, 5.74) is 0. The van der Waals surface area contributed by atoms with E-state index in [-0.39, 0.29) is 5.97 Å². The molecule has 0 aromatic heterocycles. The lowest BCUT2D eigenvalue weighted by Gasteiger charge is -2.03. The molecule has 0 radical (unpaired) electrons. The lowest BCUT2D eigenvalue weighted by atomic mass is 10.2. The first-order valence-electron chi connectivity index (χ1n) is 3.96. The molecule has 3 heteroatoms. The number of carbonyl (C=O) groups excluding carboxylic acids is 1. The fourth-order valence-electron chi connectivity index (χ4n) is 0.605. The van der Waals surface area contributed by atoms with Gasteiger partial charge in [0.1, 0.15) is 0 Å². The summed E-state index contributed by atoms with van der Waals surface area (Å²) in [6.07, 6.45) is 2.27. The van der Waals surface area contributed by atoms with Crippen molar-refractivity contribution in [1.82, 2.24) is 0 Å². The molecule has 2 nitrogen and oxygen atoms in total. The van der Waals surface area contributed by atoms with Gasteiger partial charge in [0.15, 0.2) is 0 Å². The van der Waals surface area contributed by atoms with E-state index in [0.29, 0.717) is 17.9 Å². The molecular formula is C8H15BrO2. The van der Waals surface area contributed by atoms with Crippen molar-refractivity contribution >= 4 is 21.9 Å². The van der Waals surface area contributed by atoms with E-state index in [9.17, 15) is 4.79 Å². The van der Waals surface area contributed by atoms with Gasteiger partial charge >= 0.3 is 5.97 Å². The van der Waals surface area contributed by atoms with Crippen molar-refractivity contribution in [3.63, 3.8) is 0 Å². The second-order valence-corrected chi connectivity index (χ2v) is 4.10. The van der Waals surface area contributed by atoms with E-state index < -0.39 is 0 Å². The van der Waals surface area contributed by atoms with Crippen molar-refractivity contribution in [2.24, 2.45) is 0 Å². The predicted octanol–water partition coefficient (Wildman–Crippen LogP) is 2.50. The summed E-state index contributed by atoms with van der Waals surface area (Å²) >= 11 is 3.36. The number of esters is 1. The van der Waals surface area contributed by atoms with Crippen molar-refractivity contribution in [2.45, 2.75) is 37.9 Å². The molecule has 0 aliphatic heterocycles. The van der Waals surface area contributed by atoms with E-state index in [1.807, 2.05) is 13.8 Å². The normalized spacial score (nSPS) is 12.6. The summed E-state index contributed by atoms with van der Waals surface area (Å²) in [6, 6.07) is 0. The lowest BCUT2D eigenvalue weighted by molar-refractivity contribution is -0.143. The SMILES string of the molecule is CCCOC(=O)CCC(C)Br. The summed E-state index contributed by atoms with van der Waals surface area (Å²) < 4.78 is 4.88. The van der Waals surface area contributed by atoms with Gasteiger partial charge in [-0.15, -0.1) is 0 Å². The molecule has 0 saturated heterocycles. The molecule has 1 unspecified atom stereocenters. The van der Waals surface area contributed by atoms with E-state index in [1.165, 1.54) is 0 Å². The zero-order chi connectivity index (χ0) is 8.69. The molecule has 0 aliphatic carbocycles. The Bertz CT molecular complexity index is 113. The van der Waals surface area contributed by atoms with E-state index in [0.717, 1.165) is 12.8 Å². The summed E-state index contributed by atoms with van der Waals surface area (Å²) in [5, 5.41) is 0. The van der Waals surface area contributed by atoms with Crippen LogP contribution in [0.4, 0.5) is 0 Å². The van der Waals surface area contributed by atoms with Gasteiger partial charge in [-0.1, -0.05) is 29.8 Å². The van der Waals surface area contributed by atoms with E-state index in [1.54, 1.807) is 0 Å². The number of hydrogen-bond acceptors (Lipinski definition) is 2. The molecule has 0 aromatic rings. The van der Waals surface area contributed by atoms with Crippen molar-refractivity contribution in [3.05, 3.63) is 0 Å². The van der Waals surface area contributed by atoms with Crippen molar-refractivity contribution in [1.29, 1.82) is 0 Å². The van der Waals surface area contributed by atoms with Gasteiger partial charge in [-0.3, -0.25) is 4.79 Å². The minimum absolute atomic E-state index is 0.0850. The van der Waals surface area contributed by atoms with Crippen LogP contribution < -0.4 is 0 Å². The van der Waals surface area contributed by atoms with Gasteiger partial charge in [0, 0.05) is 11.2 Å². The maximum atomic E-state index is 10.9. The van der Waals surface area contributed by atoms with Gasteiger partial charge in [-0.05, 0) is 12.8 Å². The van der Waals surface area contributed by atoms with Gasteiger partial charge in [0.05, 0.1) is 6.61 Å². The fraction of sp³-hybridized carbons (Fsp3) is 0.875. The number of halogens is 1. The van der Waals surface area contributed by atoms with E-state index >= 15 is 0 Å². The number of hydrogen-bond donors (Lipinski definition) is 0. The van der Waals surface area contributed by atoms with Crippen molar-refractivity contribution in [3.8, 4) is 0 Å². The fourth-order valence-corrected chi connectivity index (χ4v) is 0.834. The minimum Gasteiger partial charge on any atom is -0.466 e. The summed E-state index contributed by atoms with van der Waals surface area (Å²) in [4.78, 5) is 11.3. The maximum Gasteiger partial charge on any atom is 0.305 e. The molecule has 0 heterocycles. The van der Waals surface area contributed by atoms with Gasteiger partial charge in [-0.25, -0.2) is 0 Å². The Labute approximate surface area is 76.4 Å². The molecule has 66 valence electrons. The van der Waals surface area contributed by atoms with Crippen LogP contribution >= 0.6 is 15.9 Å². The Balaban J connectivity index is 3.23. The van der Waals surface area contributed by atoms with Crippen LogP contribution in [-0.4, -0.2) is 17.4 Å². The van der Waals surface area contributed by atoms with Crippen LogP contribution in [-0.2, 0) is 9.53 Å². The highest BCUT2D eigenvalue weighted by atomic mass is 79.9. The van der Waals surface area contributed by atoms with Gasteiger partial charge in [0.2, 0.25) is 0 Å². The Morgan fingerprint density at radius 2 is 2.27 bits per heavy atom. The molecule has 0 saturated carbocycles. The highest BCUT2D eigenvalue weighted by Gasteiger charge is 2.03. The molecule has 0 rings (SSSR count). The topological polar surface area (TPSA) is 26.3 Å². The monoisotopic (exact) mass is 222 g/mol. The molecular weight excluding hydrogens is 208 g/mol. The molecule has 0 spiro atoms. The molecule has 0 bridgehead atoms. The Kier molecular flexibility index (Phi) is 6.62. The number of alkyl halides is 1. The second-order valence-electron chi connectivity index (χ2n) is 2.54. The van der Waals surface area contributed by atoms with Gasteiger partial charge in [-0.2, -0.15) is 0 Å². The Morgan fingerprint density at radius 3 is 2.73 bits per heavy atom. The van der Waals surface area contributed by atoms with Crippen LogP contribution in [0.15, 0.2) is 0 Å². The zero-order valence-corrected chi connectivity index (χ0v) is 8.69. The van der Waals surface area contributed by atoms with Gasteiger partial charge < -0.3 is 4.74 Å². The van der Waals surface area contributed by atoms with Crippen LogP contribution in [0.25, 0.3) is 0 Å². The number of ether oxygens (including phenoxy) is 1. The Morgan fingerprint density at radius 1 is 1.64 bits per heavy atom. The van der Waals surface area contributed by atoms with Gasteiger partial charge in [0.25, 0.3) is 0 Å². The third kappa shape index (κ3) is 7.85. The maximum absolute atomic E-state index is 10.9. The second kappa shape index (κ2) is 6.65. The van der Waals surface area contributed by atoms with Crippen LogP contribution in [0, 0.1) is 0 Å². The Hall–Kier alpha value is -0.0500. The molecule has 0 aromatic carbocycles. The first-order chi connectivity index (χ1) is 5.16. The lowest BCUT2D eigenvalue weighted by Crippen LogP contribution is -2.06. The molecule has 0 N–H and O–H groups in total. The van der Waals surface area contributed by atoms with Crippen molar-refractivity contribution in [2.75, 3.05) is 6.61 Å². The average Bonchev–Trinajstić information content (AvgIpc) is 1.97. The minimum atomic E-state index is -0.0850. The molecule has 1 atom stereocenters. The summed E-state index contributed by atoms with van der Waals surface area (Å²) in [6.45, 7) is 4.56. The van der Waals surface area contributed by atoms with E-state index in [4.69, 9.17) is 4.74 Å². The van der Waals surface area contributed by atoms with Crippen LogP contribution in [0.3, 0.4) is 0 Å². The third-order valence-corrected chi connectivity index (χ3v) is 1.67. The zero-order valence-electron chi connectivity index (χ0n) is 7.10. The first kappa shape index (κ1) is 11.0. The van der Waals surface area contributed by atoms with Crippen LogP contribution in [0.5, 0.6) is 0 Å². The van der Waals surface area contributed by atoms with Crippen LogP contribution in [0.2, 0.25) is 0 Å². The molecule has 0 aliphatic rings. The predicted molar refractivity (Wildman–Crippen MR) is 48.9 cm³/mol. The third-order valence-electron chi connectivity index (χ3n) is 1.21. The number of carbonyl (C=O) groups is 1. The molecule has 0 amide bonds. The highest BCUT2D eigenvalue weighted by Crippen LogP contribution is 2.06. The molecule has 0 fully saturated rings. The van der Waals surface area contributed by atoms with E-state index in [2.05, 4.69) is 15.9 Å². The summed E-state index contributed by atoms with van der Waals surface area (Å²) in [7, 11) is 0. The average molecular weight is 223 g/mol. The first-order valence-corrected chi connectivity index (χ1v) is 4.88. The largest absolute Gasteiger partial charge is 0.466 e. The van der Waals surface area contributed by atoms with Crippen molar-refractivity contribution < 1.29 is 9.53 Å². The molecule has 11 heavy (non-hydrogen) atoms. The smallest absolute Gasteiger partial charge is 0.305 e. The number of rotatable bonds is 5. The van der Waals surface area contributed by atoms with Crippen LogP contribution in [0.1, 0.15) is 33.1 Å². The highest BCUT2D eigenvalue weighted by molar-refractivity contribution is 9.09. The summed E-state index contributed by atoms with van der Waals surface area (Å²) in [5.74, 6) is -0.0850. The standard InChI is InChI=1S/C8H15BrO2/c1-3-6-11-8(10)5-4-7(2)9/h7H,3-6H2,1-2H3. The quantitative estimate of drug-likeness (QED) is 0.528.